The van der Waals surface area contributed by atoms with Crippen molar-refractivity contribution in [2.24, 2.45) is 0 Å². The quantitative estimate of drug-likeness (QED) is 0.809. The second-order valence-corrected chi connectivity index (χ2v) is 7.35. The molecule has 1 fully saturated rings. The molecule has 0 spiro atoms. The second kappa shape index (κ2) is 7.23. The molecule has 1 aliphatic heterocycles. The number of anilines is 1. The average molecular weight is 380 g/mol. The number of benzene rings is 1. The fraction of sp³-hybridized carbons (Fsp3) is 0.368. The van der Waals surface area contributed by atoms with Crippen LogP contribution in [-0.4, -0.2) is 33.2 Å². The van der Waals surface area contributed by atoms with E-state index in [-0.39, 0.29) is 17.2 Å². The van der Waals surface area contributed by atoms with E-state index in [1.54, 1.807) is 25.1 Å². The molecule has 0 radical (unpaired) electrons. The van der Waals surface area contributed by atoms with Gasteiger partial charge in [-0.25, -0.2) is 4.79 Å². The number of carbonyl (C=O) groups is 2. The zero-order chi connectivity index (χ0) is 20.5. The SMILES string of the molecule is CC[C@H]1NC(=O)N(c2nncc(Oc3ccc(C#N)cc3C(C)(C)C)n2)C1=O. The van der Waals surface area contributed by atoms with Crippen LogP contribution in [0.2, 0.25) is 0 Å². The Morgan fingerprint density at radius 3 is 2.68 bits per heavy atom. The summed E-state index contributed by atoms with van der Waals surface area (Å²) in [6.45, 7) is 7.79. The van der Waals surface area contributed by atoms with E-state index in [1.165, 1.54) is 6.20 Å². The van der Waals surface area contributed by atoms with E-state index in [1.807, 2.05) is 20.8 Å². The van der Waals surface area contributed by atoms with Crippen molar-refractivity contribution in [1.29, 1.82) is 5.26 Å². The summed E-state index contributed by atoms with van der Waals surface area (Å²) in [5.41, 5.74) is 1.04. The Hall–Kier alpha value is -3.54. The molecule has 2 aromatic rings. The van der Waals surface area contributed by atoms with Crippen LogP contribution >= 0.6 is 0 Å². The topological polar surface area (TPSA) is 121 Å². The maximum atomic E-state index is 12.3. The molecule has 0 aliphatic carbocycles. The van der Waals surface area contributed by atoms with E-state index in [0.29, 0.717) is 17.7 Å². The molecule has 3 amide bonds. The summed E-state index contributed by atoms with van der Waals surface area (Å²) in [5, 5.41) is 19.3. The Kier molecular flexibility index (Phi) is 4.96. The van der Waals surface area contributed by atoms with Gasteiger partial charge in [-0.15, -0.1) is 10.2 Å². The fourth-order valence-electron chi connectivity index (χ4n) is 2.81. The summed E-state index contributed by atoms with van der Waals surface area (Å²) in [5.74, 6) is 0.00412. The largest absolute Gasteiger partial charge is 0.437 e. The van der Waals surface area contributed by atoms with Crippen molar-refractivity contribution in [2.45, 2.75) is 45.6 Å². The number of hydrogen-bond donors (Lipinski definition) is 1. The van der Waals surface area contributed by atoms with E-state index in [0.717, 1.165) is 10.5 Å². The number of aromatic nitrogens is 3. The molecule has 0 saturated carbocycles. The number of nitriles is 1. The minimum atomic E-state index is -0.605. The Balaban J connectivity index is 1.94. The third-order valence-corrected chi connectivity index (χ3v) is 4.28. The van der Waals surface area contributed by atoms with Gasteiger partial charge in [0.15, 0.2) is 0 Å². The number of imide groups is 1. The van der Waals surface area contributed by atoms with Gasteiger partial charge in [-0.1, -0.05) is 27.7 Å². The molecule has 28 heavy (non-hydrogen) atoms. The van der Waals surface area contributed by atoms with Crippen LogP contribution in [0, 0.1) is 11.3 Å². The van der Waals surface area contributed by atoms with Gasteiger partial charge in [0, 0.05) is 5.56 Å². The zero-order valence-corrected chi connectivity index (χ0v) is 16.1. The van der Waals surface area contributed by atoms with Gasteiger partial charge in [0.1, 0.15) is 18.0 Å². The summed E-state index contributed by atoms with van der Waals surface area (Å²) >= 11 is 0. The number of nitrogens with one attached hydrogen (secondary N) is 1. The zero-order valence-electron chi connectivity index (χ0n) is 16.1. The van der Waals surface area contributed by atoms with Crippen LogP contribution in [0.1, 0.15) is 45.2 Å². The first-order valence-electron chi connectivity index (χ1n) is 8.81. The van der Waals surface area contributed by atoms with Crippen molar-refractivity contribution < 1.29 is 14.3 Å². The molecule has 0 unspecified atom stereocenters. The molecule has 3 rings (SSSR count). The highest BCUT2D eigenvalue weighted by Crippen LogP contribution is 2.34. The molecule has 1 aliphatic rings. The number of hydrogen-bond acceptors (Lipinski definition) is 7. The molecule has 9 nitrogen and oxygen atoms in total. The van der Waals surface area contributed by atoms with Gasteiger partial charge in [-0.3, -0.25) is 4.79 Å². The normalized spacial score (nSPS) is 16.7. The van der Waals surface area contributed by atoms with Crippen LogP contribution in [0.25, 0.3) is 0 Å². The molecule has 1 N–H and O–H groups in total. The van der Waals surface area contributed by atoms with Crippen molar-refractivity contribution in [3.05, 3.63) is 35.5 Å². The highest BCUT2D eigenvalue weighted by atomic mass is 16.5. The Morgan fingerprint density at radius 1 is 1.32 bits per heavy atom. The number of ether oxygens (including phenoxy) is 1. The molecule has 1 aromatic heterocycles. The number of urea groups is 1. The number of nitrogens with zero attached hydrogens (tertiary/aromatic N) is 5. The first kappa shape index (κ1) is 19.2. The predicted octanol–water partition coefficient (Wildman–Crippen LogP) is 2.67. The molecule has 1 atom stereocenters. The minimum absolute atomic E-state index is 0.0840. The maximum Gasteiger partial charge on any atom is 0.331 e. The van der Waals surface area contributed by atoms with E-state index in [4.69, 9.17) is 10.00 Å². The average Bonchev–Trinajstić information content (AvgIpc) is 2.95. The van der Waals surface area contributed by atoms with Gasteiger partial charge in [0.25, 0.3) is 11.9 Å². The van der Waals surface area contributed by atoms with Gasteiger partial charge in [0.2, 0.25) is 5.88 Å². The highest BCUT2D eigenvalue weighted by molar-refractivity contribution is 6.20. The molecule has 1 saturated heterocycles. The second-order valence-electron chi connectivity index (χ2n) is 7.35. The van der Waals surface area contributed by atoms with Gasteiger partial charge in [0.05, 0.1) is 11.6 Å². The first-order valence-corrected chi connectivity index (χ1v) is 8.81. The first-order chi connectivity index (χ1) is 13.2. The van der Waals surface area contributed by atoms with E-state index in [2.05, 4.69) is 26.6 Å². The Morgan fingerprint density at radius 2 is 2.07 bits per heavy atom. The Bertz CT molecular complexity index is 976. The number of amides is 3. The third-order valence-electron chi connectivity index (χ3n) is 4.28. The monoisotopic (exact) mass is 380 g/mol. The molecule has 9 heteroatoms. The summed E-state index contributed by atoms with van der Waals surface area (Å²) in [4.78, 5) is 29.5. The van der Waals surface area contributed by atoms with Crippen molar-refractivity contribution in [2.75, 3.05) is 4.90 Å². The van der Waals surface area contributed by atoms with Crippen molar-refractivity contribution in [3.63, 3.8) is 0 Å². The smallest absolute Gasteiger partial charge is 0.331 e. The molecule has 1 aromatic carbocycles. The van der Waals surface area contributed by atoms with Crippen LogP contribution in [-0.2, 0) is 10.2 Å². The van der Waals surface area contributed by atoms with Gasteiger partial charge < -0.3 is 10.1 Å². The van der Waals surface area contributed by atoms with E-state index in [9.17, 15) is 9.59 Å². The van der Waals surface area contributed by atoms with E-state index >= 15 is 0 Å². The minimum Gasteiger partial charge on any atom is -0.437 e. The standard InChI is InChI=1S/C19H20N6O3/c1-5-13-16(26)25(18(27)22-13)17-23-15(10-21-24-17)28-14-7-6-11(9-20)8-12(14)19(2,3)4/h6-8,10,13H,5H2,1-4H3,(H,22,27)/t13-/m1/s1. The van der Waals surface area contributed by atoms with Crippen LogP contribution in [0.4, 0.5) is 10.7 Å². The predicted molar refractivity (Wildman–Crippen MR) is 99.9 cm³/mol. The summed E-state index contributed by atoms with van der Waals surface area (Å²) in [6.07, 6.45) is 1.76. The molecule has 2 heterocycles. The van der Waals surface area contributed by atoms with Crippen molar-refractivity contribution in [1.82, 2.24) is 20.5 Å². The molecule has 0 bridgehead atoms. The summed E-state index contributed by atoms with van der Waals surface area (Å²) in [7, 11) is 0. The lowest BCUT2D eigenvalue weighted by Crippen LogP contribution is -2.33. The lowest BCUT2D eigenvalue weighted by molar-refractivity contribution is -0.118. The third kappa shape index (κ3) is 3.62. The van der Waals surface area contributed by atoms with Crippen LogP contribution in [0.3, 0.4) is 0 Å². The molecular weight excluding hydrogens is 360 g/mol. The van der Waals surface area contributed by atoms with E-state index < -0.39 is 18.0 Å². The Labute approximate surface area is 162 Å². The molecular formula is C19H20N6O3. The molecule has 144 valence electrons. The number of rotatable bonds is 4. The van der Waals surface area contributed by atoms with Crippen molar-refractivity contribution in [3.8, 4) is 17.7 Å². The summed E-state index contributed by atoms with van der Waals surface area (Å²) < 4.78 is 5.87. The lowest BCUT2D eigenvalue weighted by atomic mass is 9.85. The lowest BCUT2D eigenvalue weighted by Gasteiger charge is -2.22. The fourth-order valence-corrected chi connectivity index (χ4v) is 2.81. The van der Waals surface area contributed by atoms with Gasteiger partial charge >= 0.3 is 6.03 Å². The van der Waals surface area contributed by atoms with Gasteiger partial charge in [-0.05, 0) is 30.0 Å². The van der Waals surface area contributed by atoms with Crippen LogP contribution in [0.5, 0.6) is 11.6 Å². The van der Waals surface area contributed by atoms with Crippen molar-refractivity contribution >= 4 is 17.9 Å². The number of carbonyl (C=O) groups excluding carboxylic acids is 2. The van der Waals surface area contributed by atoms with Gasteiger partial charge in [-0.2, -0.15) is 15.1 Å². The maximum absolute atomic E-state index is 12.3. The highest BCUT2D eigenvalue weighted by Gasteiger charge is 2.40. The van der Waals surface area contributed by atoms with Crippen LogP contribution in [0.15, 0.2) is 24.4 Å². The summed E-state index contributed by atoms with van der Waals surface area (Å²) in [6, 6.07) is 6.00. The van der Waals surface area contributed by atoms with Crippen LogP contribution < -0.4 is 15.0 Å².